The van der Waals surface area contributed by atoms with Gasteiger partial charge in [0.15, 0.2) is 0 Å². The Morgan fingerprint density at radius 3 is 2.57 bits per heavy atom. The molecular formula is C16H21Cl2FN2OS. The summed E-state index contributed by atoms with van der Waals surface area (Å²) >= 11 is 1.73. The fourth-order valence-electron chi connectivity index (χ4n) is 2.83. The number of piperazine rings is 1. The Labute approximate surface area is 152 Å². The number of benzene rings is 1. The number of nitrogens with zero attached hydrogens (tertiary/aromatic N) is 1. The van der Waals surface area contributed by atoms with Crippen molar-refractivity contribution in [3.8, 4) is 5.75 Å². The molecule has 0 aliphatic carbocycles. The Balaban J connectivity index is 0.00000132. The highest BCUT2D eigenvalue weighted by Gasteiger charge is 2.27. The van der Waals surface area contributed by atoms with Gasteiger partial charge in [-0.3, -0.25) is 4.90 Å². The molecule has 0 spiro atoms. The van der Waals surface area contributed by atoms with E-state index in [2.05, 4.69) is 27.7 Å². The average Bonchev–Trinajstić information content (AvgIpc) is 3.04. The van der Waals surface area contributed by atoms with E-state index in [9.17, 15) is 4.39 Å². The molecule has 2 heterocycles. The highest BCUT2D eigenvalue weighted by molar-refractivity contribution is 7.10. The molecule has 1 atom stereocenters. The van der Waals surface area contributed by atoms with E-state index in [4.69, 9.17) is 4.74 Å². The molecule has 0 saturated carbocycles. The van der Waals surface area contributed by atoms with Crippen molar-refractivity contribution in [1.29, 1.82) is 0 Å². The van der Waals surface area contributed by atoms with Gasteiger partial charge in [0.05, 0.1) is 13.2 Å². The Morgan fingerprint density at radius 2 is 1.96 bits per heavy atom. The van der Waals surface area contributed by atoms with Gasteiger partial charge in [0.1, 0.15) is 11.6 Å². The molecule has 128 valence electrons. The maximum atomic E-state index is 13.5. The zero-order valence-corrected chi connectivity index (χ0v) is 15.3. The first-order valence-corrected chi connectivity index (χ1v) is 7.99. The highest BCUT2D eigenvalue weighted by Crippen LogP contribution is 2.37. The summed E-state index contributed by atoms with van der Waals surface area (Å²) in [7, 11) is 1.60. The Kier molecular flexibility index (Phi) is 8.29. The minimum Gasteiger partial charge on any atom is -0.496 e. The van der Waals surface area contributed by atoms with Gasteiger partial charge in [0.25, 0.3) is 0 Å². The maximum absolute atomic E-state index is 13.5. The molecule has 1 saturated heterocycles. The molecule has 0 bridgehead atoms. The topological polar surface area (TPSA) is 24.5 Å². The molecule has 23 heavy (non-hydrogen) atoms. The Morgan fingerprint density at radius 1 is 1.22 bits per heavy atom. The Bertz CT molecular complexity index is 592. The van der Waals surface area contributed by atoms with Gasteiger partial charge in [0, 0.05) is 42.7 Å². The normalized spacial score (nSPS) is 16.1. The standard InChI is InChI=1S/C16H19FN2OS.2ClH/c1-20-14-11-12(17)4-5-13(14)16(15-3-2-10-21-15)19-8-6-18-7-9-19;;/h2-5,10-11,16,18H,6-9H2,1H3;2*1H/t16-;;/m1../s1. The van der Waals surface area contributed by atoms with Crippen LogP contribution in [-0.2, 0) is 0 Å². The number of hydrogen-bond acceptors (Lipinski definition) is 4. The van der Waals surface area contributed by atoms with E-state index in [1.807, 2.05) is 6.07 Å². The number of halogens is 3. The van der Waals surface area contributed by atoms with E-state index in [-0.39, 0.29) is 36.7 Å². The number of ether oxygens (including phenoxy) is 1. The van der Waals surface area contributed by atoms with Crippen LogP contribution >= 0.6 is 36.2 Å². The van der Waals surface area contributed by atoms with Crippen LogP contribution in [0.5, 0.6) is 5.75 Å². The predicted octanol–water partition coefficient (Wildman–Crippen LogP) is 3.73. The number of hydrogen-bond donors (Lipinski definition) is 1. The molecule has 0 radical (unpaired) electrons. The fraction of sp³-hybridized carbons (Fsp3) is 0.375. The van der Waals surface area contributed by atoms with Crippen molar-refractivity contribution < 1.29 is 9.13 Å². The van der Waals surface area contributed by atoms with Gasteiger partial charge in [-0.25, -0.2) is 4.39 Å². The van der Waals surface area contributed by atoms with Crippen molar-refractivity contribution >= 4 is 36.2 Å². The first-order chi connectivity index (χ1) is 10.3. The third kappa shape index (κ3) is 4.58. The van der Waals surface area contributed by atoms with Gasteiger partial charge >= 0.3 is 0 Å². The van der Waals surface area contributed by atoms with Crippen LogP contribution in [0.2, 0.25) is 0 Å². The molecule has 1 aliphatic heterocycles. The molecule has 0 unspecified atom stereocenters. The predicted molar refractivity (Wildman–Crippen MR) is 98.1 cm³/mol. The van der Waals surface area contributed by atoms with Crippen LogP contribution in [0.15, 0.2) is 35.7 Å². The summed E-state index contributed by atoms with van der Waals surface area (Å²) in [4.78, 5) is 3.69. The number of nitrogens with one attached hydrogen (secondary N) is 1. The van der Waals surface area contributed by atoms with Gasteiger partial charge in [-0.15, -0.1) is 36.2 Å². The van der Waals surface area contributed by atoms with Crippen LogP contribution in [0.3, 0.4) is 0 Å². The zero-order valence-electron chi connectivity index (χ0n) is 12.8. The molecule has 1 aromatic carbocycles. The summed E-state index contributed by atoms with van der Waals surface area (Å²) < 4.78 is 18.9. The van der Waals surface area contributed by atoms with E-state index in [0.29, 0.717) is 5.75 Å². The molecule has 1 N–H and O–H groups in total. The minimum absolute atomic E-state index is 0. The first kappa shape index (κ1) is 20.2. The largest absolute Gasteiger partial charge is 0.496 e. The number of rotatable bonds is 4. The lowest BCUT2D eigenvalue weighted by molar-refractivity contribution is 0.197. The second-order valence-corrected chi connectivity index (χ2v) is 6.07. The summed E-state index contributed by atoms with van der Waals surface area (Å²) in [6, 6.07) is 9.16. The fourth-order valence-corrected chi connectivity index (χ4v) is 3.70. The third-order valence-corrected chi connectivity index (χ3v) is 4.74. The number of methoxy groups -OCH3 is 1. The first-order valence-electron chi connectivity index (χ1n) is 7.11. The van der Waals surface area contributed by atoms with Crippen molar-refractivity contribution in [3.63, 3.8) is 0 Å². The maximum Gasteiger partial charge on any atom is 0.126 e. The second kappa shape index (κ2) is 9.45. The average molecular weight is 379 g/mol. The van der Waals surface area contributed by atoms with Crippen LogP contribution in [0, 0.1) is 5.82 Å². The molecule has 1 fully saturated rings. The monoisotopic (exact) mass is 378 g/mol. The van der Waals surface area contributed by atoms with Crippen molar-refractivity contribution in [2.75, 3.05) is 33.3 Å². The van der Waals surface area contributed by atoms with E-state index in [1.165, 1.54) is 17.0 Å². The molecule has 3 rings (SSSR count). The van der Waals surface area contributed by atoms with E-state index < -0.39 is 0 Å². The van der Waals surface area contributed by atoms with Crippen LogP contribution < -0.4 is 10.1 Å². The highest BCUT2D eigenvalue weighted by atomic mass is 35.5. The lowest BCUT2D eigenvalue weighted by atomic mass is 10.0. The smallest absolute Gasteiger partial charge is 0.126 e. The van der Waals surface area contributed by atoms with Crippen molar-refractivity contribution in [1.82, 2.24) is 10.2 Å². The molecule has 2 aromatic rings. The minimum atomic E-state index is -0.263. The number of thiophene rings is 1. The van der Waals surface area contributed by atoms with E-state index in [0.717, 1.165) is 31.7 Å². The Hall–Kier alpha value is -0.850. The van der Waals surface area contributed by atoms with Gasteiger partial charge in [-0.05, 0) is 17.5 Å². The molecule has 3 nitrogen and oxygen atoms in total. The van der Waals surface area contributed by atoms with Crippen LogP contribution in [0.25, 0.3) is 0 Å². The zero-order chi connectivity index (χ0) is 14.7. The van der Waals surface area contributed by atoms with Crippen molar-refractivity contribution in [3.05, 3.63) is 52.0 Å². The van der Waals surface area contributed by atoms with Crippen molar-refractivity contribution in [2.24, 2.45) is 0 Å². The molecule has 7 heteroatoms. The molecule has 0 amide bonds. The second-order valence-electron chi connectivity index (χ2n) is 5.09. The summed E-state index contributed by atoms with van der Waals surface area (Å²) in [5, 5.41) is 5.46. The molecule has 1 aromatic heterocycles. The van der Waals surface area contributed by atoms with E-state index in [1.54, 1.807) is 18.4 Å². The lowest BCUT2D eigenvalue weighted by Gasteiger charge is -2.35. The molecule has 1 aliphatic rings. The third-order valence-electron chi connectivity index (χ3n) is 3.82. The lowest BCUT2D eigenvalue weighted by Crippen LogP contribution is -2.45. The SMILES string of the molecule is COc1cc(F)ccc1[C@H](c1cccs1)N1CCNCC1.Cl.Cl. The van der Waals surface area contributed by atoms with Gasteiger partial charge in [0.2, 0.25) is 0 Å². The summed E-state index contributed by atoms with van der Waals surface area (Å²) in [5.74, 6) is 0.354. The summed E-state index contributed by atoms with van der Waals surface area (Å²) in [6.07, 6.45) is 0. The van der Waals surface area contributed by atoms with Gasteiger partial charge < -0.3 is 10.1 Å². The van der Waals surface area contributed by atoms with Crippen LogP contribution in [0.1, 0.15) is 16.5 Å². The summed E-state index contributed by atoms with van der Waals surface area (Å²) in [5.41, 5.74) is 1.03. The molecular weight excluding hydrogens is 358 g/mol. The van der Waals surface area contributed by atoms with Gasteiger partial charge in [-0.2, -0.15) is 0 Å². The van der Waals surface area contributed by atoms with E-state index >= 15 is 0 Å². The van der Waals surface area contributed by atoms with Crippen LogP contribution in [0.4, 0.5) is 4.39 Å². The van der Waals surface area contributed by atoms with Gasteiger partial charge in [-0.1, -0.05) is 12.1 Å². The van der Waals surface area contributed by atoms with Crippen molar-refractivity contribution in [2.45, 2.75) is 6.04 Å². The quantitative estimate of drug-likeness (QED) is 0.876. The van der Waals surface area contributed by atoms with Crippen LogP contribution in [-0.4, -0.2) is 38.2 Å². The summed E-state index contributed by atoms with van der Waals surface area (Å²) in [6.45, 7) is 3.91.